The van der Waals surface area contributed by atoms with Crippen LogP contribution in [0.25, 0.3) is 0 Å². The molecule has 2 fully saturated rings. The fourth-order valence-corrected chi connectivity index (χ4v) is 5.26. The number of ether oxygens (including phenoxy) is 1. The highest BCUT2D eigenvalue weighted by atomic mass is 35.5. The van der Waals surface area contributed by atoms with Gasteiger partial charge in [-0.05, 0) is 58.0 Å². The lowest BCUT2D eigenvalue weighted by Gasteiger charge is -2.36. The van der Waals surface area contributed by atoms with E-state index in [0.29, 0.717) is 31.3 Å². The van der Waals surface area contributed by atoms with E-state index in [1.807, 2.05) is 14.1 Å². The van der Waals surface area contributed by atoms with Crippen molar-refractivity contribution >= 4 is 27.5 Å². The monoisotopic (exact) mass is 429 g/mol. The maximum absolute atomic E-state index is 13.0. The Morgan fingerprint density at radius 3 is 2.79 bits per heavy atom. The van der Waals surface area contributed by atoms with Gasteiger partial charge in [0.25, 0.3) is 5.91 Å². The number of nitrogens with one attached hydrogen (secondary N) is 1. The number of rotatable bonds is 6. The third kappa shape index (κ3) is 5.04. The Morgan fingerprint density at radius 1 is 1.32 bits per heavy atom. The van der Waals surface area contributed by atoms with Gasteiger partial charge in [-0.3, -0.25) is 4.79 Å². The van der Waals surface area contributed by atoms with Gasteiger partial charge < -0.3 is 14.5 Å². The zero-order valence-corrected chi connectivity index (χ0v) is 17.9. The molecule has 2 unspecified atom stereocenters. The highest BCUT2D eigenvalue weighted by molar-refractivity contribution is 7.89. The average molecular weight is 430 g/mol. The predicted octanol–water partition coefficient (Wildman–Crippen LogP) is 1.96. The summed E-state index contributed by atoms with van der Waals surface area (Å²) >= 11 is 6.15. The third-order valence-electron chi connectivity index (χ3n) is 5.41. The molecule has 2 aliphatic heterocycles. The van der Waals surface area contributed by atoms with E-state index in [1.54, 1.807) is 11.0 Å². The minimum Gasteiger partial charge on any atom is -0.377 e. The second-order valence-electron chi connectivity index (χ2n) is 7.64. The lowest BCUT2D eigenvalue weighted by Crippen LogP contribution is -2.47. The first-order chi connectivity index (χ1) is 13.3. The van der Waals surface area contributed by atoms with Gasteiger partial charge in [-0.25, -0.2) is 13.1 Å². The summed E-state index contributed by atoms with van der Waals surface area (Å²) in [7, 11) is 0.180. The number of hydrogen-bond acceptors (Lipinski definition) is 5. The molecule has 28 heavy (non-hydrogen) atoms. The Morgan fingerprint density at radius 2 is 2.11 bits per heavy atom. The van der Waals surface area contributed by atoms with Crippen LogP contribution in [0.4, 0.5) is 0 Å². The van der Waals surface area contributed by atoms with E-state index < -0.39 is 10.0 Å². The molecule has 3 rings (SSSR count). The maximum Gasteiger partial charge on any atom is 0.253 e. The topological polar surface area (TPSA) is 79.0 Å². The van der Waals surface area contributed by atoms with Crippen molar-refractivity contribution in [3.63, 3.8) is 0 Å². The van der Waals surface area contributed by atoms with Crippen molar-refractivity contribution in [2.45, 2.75) is 42.7 Å². The van der Waals surface area contributed by atoms with E-state index in [9.17, 15) is 13.2 Å². The maximum atomic E-state index is 13.0. The fourth-order valence-electron chi connectivity index (χ4n) is 3.67. The van der Waals surface area contributed by atoms with Gasteiger partial charge in [0.15, 0.2) is 0 Å². The van der Waals surface area contributed by atoms with Crippen molar-refractivity contribution in [3.8, 4) is 0 Å². The van der Waals surface area contributed by atoms with E-state index >= 15 is 0 Å². The van der Waals surface area contributed by atoms with Crippen molar-refractivity contribution in [3.05, 3.63) is 28.8 Å². The van der Waals surface area contributed by atoms with Crippen LogP contribution in [-0.4, -0.2) is 76.6 Å². The van der Waals surface area contributed by atoms with Crippen molar-refractivity contribution < 1.29 is 17.9 Å². The normalized spacial score (nSPS) is 23.4. The quantitative estimate of drug-likeness (QED) is 0.747. The number of carbonyl (C=O) groups is 1. The van der Waals surface area contributed by atoms with Gasteiger partial charge in [-0.15, -0.1) is 0 Å². The molecule has 2 aliphatic rings. The second kappa shape index (κ2) is 9.09. The van der Waals surface area contributed by atoms with Gasteiger partial charge in [-0.1, -0.05) is 11.6 Å². The van der Waals surface area contributed by atoms with Crippen LogP contribution in [0.3, 0.4) is 0 Å². The van der Waals surface area contributed by atoms with E-state index in [1.165, 1.54) is 12.1 Å². The highest BCUT2D eigenvalue weighted by Gasteiger charge is 2.28. The molecule has 1 aromatic carbocycles. The molecule has 9 heteroatoms. The first-order valence-corrected chi connectivity index (χ1v) is 11.5. The molecule has 1 N–H and O–H groups in total. The van der Waals surface area contributed by atoms with Crippen molar-refractivity contribution in [1.29, 1.82) is 0 Å². The summed E-state index contributed by atoms with van der Waals surface area (Å²) in [5, 5.41) is 0.0983. The summed E-state index contributed by atoms with van der Waals surface area (Å²) in [4.78, 5) is 16.8. The smallest absolute Gasteiger partial charge is 0.253 e. The molecule has 0 bridgehead atoms. The molecule has 0 aromatic heterocycles. The average Bonchev–Trinajstić information content (AvgIpc) is 3.20. The van der Waals surface area contributed by atoms with Gasteiger partial charge in [0.2, 0.25) is 10.0 Å². The van der Waals surface area contributed by atoms with Crippen LogP contribution in [-0.2, 0) is 14.8 Å². The summed E-state index contributed by atoms with van der Waals surface area (Å²) in [6.45, 7) is 2.16. The van der Waals surface area contributed by atoms with Gasteiger partial charge in [0, 0.05) is 37.8 Å². The number of carbonyl (C=O) groups excluding carboxylic acids is 1. The zero-order valence-electron chi connectivity index (χ0n) is 16.4. The van der Waals surface area contributed by atoms with Crippen LogP contribution in [0.2, 0.25) is 5.02 Å². The van der Waals surface area contributed by atoms with Crippen molar-refractivity contribution in [1.82, 2.24) is 14.5 Å². The number of nitrogens with zero attached hydrogens (tertiary/aromatic N) is 2. The summed E-state index contributed by atoms with van der Waals surface area (Å²) in [6.07, 6.45) is 3.62. The first-order valence-electron chi connectivity index (χ1n) is 9.64. The molecule has 0 saturated carbocycles. The van der Waals surface area contributed by atoms with E-state index in [-0.39, 0.29) is 28.5 Å². The van der Waals surface area contributed by atoms with Crippen LogP contribution < -0.4 is 4.72 Å². The number of likely N-dealkylation sites (N-methyl/N-ethyl adjacent to an activating group) is 1. The number of halogens is 1. The number of benzene rings is 1. The Hall–Kier alpha value is -1.19. The largest absolute Gasteiger partial charge is 0.377 e. The summed E-state index contributed by atoms with van der Waals surface area (Å²) in [6, 6.07) is 4.74. The molecular formula is C19H28ClN3O4S. The van der Waals surface area contributed by atoms with Gasteiger partial charge in [-0.2, -0.15) is 0 Å². The molecule has 0 radical (unpaired) electrons. The Bertz CT molecular complexity index is 809. The molecule has 2 saturated heterocycles. The van der Waals surface area contributed by atoms with Gasteiger partial charge in [0.05, 0.1) is 11.1 Å². The van der Waals surface area contributed by atoms with E-state index in [0.717, 1.165) is 25.7 Å². The summed E-state index contributed by atoms with van der Waals surface area (Å²) in [5.74, 6) is -0.168. The standard InChI is InChI=1S/C19H28ClN3O4S/c1-22(2)15-5-3-9-23(13-15)19(24)14-7-8-17(20)18(11-14)28(25,26)21-12-16-6-4-10-27-16/h7-8,11,15-16,21H,3-6,9-10,12-13H2,1-2H3. The van der Waals surface area contributed by atoms with Crippen LogP contribution >= 0.6 is 11.6 Å². The molecule has 0 aliphatic carbocycles. The lowest BCUT2D eigenvalue weighted by atomic mass is 10.0. The molecule has 0 spiro atoms. The first kappa shape index (κ1) is 21.5. The van der Waals surface area contributed by atoms with Gasteiger partial charge in [0.1, 0.15) is 4.90 Å². The predicted molar refractivity (Wildman–Crippen MR) is 108 cm³/mol. The Labute approximate surface area is 172 Å². The summed E-state index contributed by atoms with van der Waals surface area (Å²) < 4.78 is 33.5. The SMILES string of the molecule is CN(C)C1CCCN(C(=O)c2ccc(Cl)c(S(=O)(=O)NCC3CCCO3)c2)C1. The van der Waals surface area contributed by atoms with Crippen molar-refractivity contribution in [2.24, 2.45) is 0 Å². The highest BCUT2D eigenvalue weighted by Crippen LogP contribution is 2.25. The molecule has 2 heterocycles. The minimum atomic E-state index is -3.83. The molecule has 7 nitrogen and oxygen atoms in total. The van der Waals surface area contributed by atoms with Gasteiger partial charge >= 0.3 is 0 Å². The third-order valence-corrected chi connectivity index (χ3v) is 7.31. The van der Waals surface area contributed by atoms with Crippen molar-refractivity contribution in [2.75, 3.05) is 40.3 Å². The van der Waals surface area contributed by atoms with E-state index in [2.05, 4.69) is 9.62 Å². The molecule has 1 amide bonds. The fraction of sp³-hybridized carbons (Fsp3) is 0.632. The molecule has 1 aromatic rings. The van der Waals surface area contributed by atoms with Crippen LogP contribution in [0.1, 0.15) is 36.0 Å². The van der Waals surface area contributed by atoms with Crippen LogP contribution in [0, 0.1) is 0 Å². The summed E-state index contributed by atoms with van der Waals surface area (Å²) in [5.41, 5.74) is 0.335. The number of amides is 1. The number of likely N-dealkylation sites (tertiary alicyclic amines) is 1. The molecule has 2 atom stereocenters. The molecular weight excluding hydrogens is 402 g/mol. The van der Waals surface area contributed by atoms with Crippen LogP contribution in [0.15, 0.2) is 23.1 Å². The minimum absolute atomic E-state index is 0.0702. The Balaban J connectivity index is 1.75. The van der Waals surface area contributed by atoms with Crippen LogP contribution in [0.5, 0.6) is 0 Å². The zero-order chi connectivity index (χ0) is 20.3. The second-order valence-corrected chi connectivity index (χ2v) is 9.79. The number of sulfonamides is 1. The molecule has 156 valence electrons. The number of hydrogen-bond donors (Lipinski definition) is 1. The lowest BCUT2D eigenvalue weighted by molar-refractivity contribution is 0.0635. The number of piperidine rings is 1. The Kier molecular flexibility index (Phi) is 6.98. The van der Waals surface area contributed by atoms with E-state index in [4.69, 9.17) is 16.3 Å².